The number of carbonyl (C=O) groups is 2. The Morgan fingerprint density at radius 2 is 2.23 bits per heavy atom. The van der Waals surface area contributed by atoms with Gasteiger partial charge in [-0.1, -0.05) is 18.2 Å². The summed E-state index contributed by atoms with van der Waals surface area (Å²) in [6.45, 7) is 4.76. The molecule has 1 aliphatic rings. The number of nitrogens with zero attached hydrogens (tertiary/aromatic N) is 1. The molecule has 1 N–H and O–H groups in total. The van der Waals surface area contributed by atoms with Gasteiger partial charge in [-0.05, 0) is 37.8 Å². The molecular weight excluding hydrogens is 280 g/mol. The van der Waals surface area contributed by atoms with Crippen molar-refractivity contribution in [3.63, 3.8) is 0 Å². The number of hydrogen-bond acceptors (Lipinski definition) is 4. The quantitative estimate of drug-likeness (QED) is 0.665. The van der Waals surface area contributed by atoms with Crippen molar-refractivity contribution in [1.29, 1.82) is 5.26 Å². The minimum absolute atomic E-state index is 0.0147. The summed E-state index contributed by atoms with van der Waals surface area (Å²) in [5.74, 6) is -2.32. The van der Waals surface area contributed by atoms with Crippen LogP contribution in [0.4, 0.5) is 0 Å². The summed E-state index contributed by atoms with van der Waals surface area (Å²) in [6, 6.07) is 7.13. The van der Waals surface area contributed by atoms with Crippen LogP contribution in [0.1, 0.15) is 34.3 Å². The average molecular weight is 300 g/mol. The van der Waals surface area contributed by atoms with Crippen LogP contribution in [0.15, 0.2) is 18.2 Å². The Kier molecular flexibility index (Phi) is 5.29. The zero-order valence-electron chi connectivity index (χ0n) is 12.9. The lowest BCUT2D eigenvalue weighted by Crippen LogP contribution is -2.38. The van der Waals surface area contributed by atoms with Gasteiger partial charge < -0.3 is 10.1 Å². The van der Waals surface area contributed by atoms with Crippen LogP contribution < -0.4 is 5.32 Å². The largest absolute Gasteiger partial charge is 0.376 e. The third kappa shape index (κ3) is 3.52. The highest BCUT2D eigenvalue weighted by atomic mass is 16.5. The van der Waals surface area contributed by atoms with Crippen molar-refractivity contribution in [1.82, 2.24) is 5.32 Å². The number of carbonyl (C=O) groups excluding carboxylic acids is 2. The van der Waals surface area contributed by atoms with Crippen LogP contribution in [0.2, 0.25) is 0 Å². The molecule has 5 nitrogen and oxygen atoms in total. The number of nitrogens with one attached hydrogen (secondary N) is 1. The molecule has 1 fully saturated rings. The predicted octanol–water partition coefficient (Wildman–Crippen LogP) is 1.92. The molecule has 1 saturated heterocycles. The standard InChI is InChI=1S/C17H20N2O3/c1-11-5-3-7-14(12(11)2)16(20)15(9-18)17(21)19-10-13-6-4-8-22-13/h3,5,7,13,15H,4,6,8,10H2,1-2H3,(H,19,21)/t13-,15-/m0/s1. The molecule has 22 heavy (non-hydrogen) atoms. The van der Waals surface area contributed by atoms with Crippen LogP contribution in [0.5, 0.6) is 0 Å². The first-order valence-electron chi connectivity index (χ1n) is 7.44. The molecule has 1 aromatic rings. The van der Waals surface area contributed by atoms with Gasteiger partial charge in [0, 0.05) is 18.7 Å². The van der Waals surface area contributed by atoms with E-state index in [0.29, 0.717) is 18.7 Å². The molecule has 0 unspecified atom stereocenters. The number of amides is 1. The maximum Gasteiger partial charge on any atom is 0.245 e. The van der Waals surface area contributed by atoms with Crippen molar-refractivity contribution in [2.24, 2.45) is 5.92 Å². The summed E-state index contributed by atoms with van der Waals surface area (Å²) in [5.41, 5.74) is 2.20. The molecule has 0 bridgehead atoms. The fraction of sp³-hybridized carbons (Fsp3) is 0.471. The van der Waals surface area contributed by atoms with Crippen molar-refractivity contribution in [3.8, 4) is 6.07 Å². The van der Waals surface area contributed by atoms with E-state index in [9.17, 15) is 14.9 Å². The number of rotatable bonds is 5. The van der Waals surface area contributed by atoms with Gasteiger partial charge in [0.25, 0.3) is 0 Å². The van der Waals surface area contributed by atoms with Crippen molar-refractivity contribution in [3.05, 3.63) is 34.9 Å². The Morgan fingerprint density at radius 3 is 2.86 bits per heavy atom. The molecule has 2 rings (SSSR count). The number of aryl methyl sites for hydroxylation is 1. The van der Waals surface area contributed by atoms with E-state index in [2.05, 4.69) is 5.32 Å². The molecule has 5 heteroatoms. The van der Waals surface area contributed by atoms with Gasteiger partial charge in [-0.15, -0.1) is 0 Å². The second kappa shape index (κ2) is 7.19. The van der Waals surface area contributed by atoms with Crippen LogP contribution in [0.25, 0.3) is 0 Å². The molecule has 0 radical (unpaired) electrons. The topological polar surface area (TPSA) is 79.2 Å². The molecule has 0 spiro atoms. The van der Waals surface area contributed by atoms with Gasteiger partial charge in [-0.3, -0.25) is 9.59 Å². The summed E-state index contributed by atoms with van der Waals surface area (Å²) >= 11 is 0. The molecule has 1 aliphatic heterocycles. The van der Waals surface area contributed by atoms with Crippen molar-refractivity contribution in [2.45, 2.75) is 32.8 Å². The Labute approximate surface area is 130 Å². The normalized spacial score (nSPS) is 18.5. The first-order chi connectivity index (χ1) is 10.5. The van der Waals surface area contributed by atoms with E-state index in [-0.39, 0.29) is 6.10 Å². The molecule has 1 aromatic carbocycles. The summed E-state index contributed by atoms with van der Waals surface area (Å²) in [5, 5.41) is 11.9. The fourth-order valence-electron chi connectivity index (χ4n) is 2.53. The van der Waals surface area contributed by atoms with Crippen molar-refractivity contribution >= 4 is 11.7 Å². The lowest BCUT2D eigenvalue weighted by Gasteiger charge is -2.14. The predicted molar refractivity (Wildman–Crippen MR) is 81.3 cm³/mol. The second-order valence-corrected chi connectivity index (χ2v) is 5.55. The minimum Gasteiger partial charge on any atom is -0.376 e. The number of hydrogen-bond donors (Lipinski definition) is 1. The van der Waals surface area contributed by atoms with Crippen LogP contribution in [-0.2, 0) is 9.53 Å². The van der Waals surface area contributed by atoms with E-state index in [1.54, 1.807) is 12.1 Å². The van der Waals surface area contributed by atoms with E-state index in [0.717, 1.165) is 24.0 Å². The SMILES string of the molecule is Cc1cccc(C(=O)[C@H](C#N)C(=O)NC[C@@H]2CCCO2)c1C. The van der Waals surface area contributed by atoms with Crippen LogP contribution in [0.3, 0.4) is 0 Å². The number of nitriles is 1. The zero-order chi connectivity index (χ0) is 16.1. The maximum absolute atomic E-state index is 12.5. The van der Waals surface area contributed by atoms with Gasteiger partial charge in [0.05, 0.1) is 12.2 Å². The number of Topliss-reactive ketones (excluding diaryl/α,β-unsaturated/α-hetero) is 1. The average Bonchev–Trinajstić information content (AvgIpc) is 3.02. The first-order valence-corrected chi connectivity index (χ1v) is 7.44. The Hall–Kier alpha value is -2.19. The Bertz CT molecular complexity index is 613. The molecule has 0 aliphatic carbocycles. The molecule has 2 atom stereocenters. The highest BCUT2D eigenvalue weighted by Gasteiger charge is 2.29. The number of ether oxygens (including phenoxy) is 1. The van der Waals surface area contributed by atoms with E-state index in [1.807, 2.05) is 26.0 Å². The molecule has 0 saturated carbocycles. The van der Waals surface area contributed by atoms with Gasteiger partial charge in [-0.2, -0.15) is 5.26 Å². The fourth-order valence-corrected chi connectivity index (χ4v) is 2.53. The van der Waals surface area contributed by atoms with E-state index in [1.165, 1.54) is 0 Å². The summed E-state index contributed by atoms with van der Waals surface area (Å²) in [7, 11) is 0. The van der Waals surface area contributed by atoms with Gasteiger partial charge in [-0.25, -0.2) is 0 Å². The molecule has 116 valence electrons. The highest BCUT2D eigenvalue weighted by Crippen LogP contribution is 2.17. The second-order valence-electron chi connectivity index (χ2n) is 5.55. The zero-order valence-corrected chi connectivity index (χ0v) is 12.9. The van der Waals surface area contributed by atoms with Crippen LogP contribution in [-0.4, -0.2) is 30.9 Å². The maximum atomic E-state index is 12.5. The molecule has 1 amide bonds. The van der Waals surface area contributed by atoms with Gasteiger partial charge in [0.1, 0.15) is 0 Å². The van der Waals surface area contributed by atoms with Gasteiger partial charge >= 0.3 is 0 Å². The van der Waals surface area contributed by atoms with Crippen molar-refractivity contribution < 1.29 is 14.3 Å². The summed E-state index contributed by atoms with van der Waals surface area (Å²) in [4.78, 5) is 24.6. The van der Waals surface area contributed by atoms with Crippen molar-refractivity contribution in [2.75, 3.05) is 13.2 Å². The lowest BCUT2D eigenvalue weighted by atomic mass is 9.92. The molecule has 1 heterocycles. The van der Waals surface area contributed by atoms with Gasteiger partial charge in [0.15, 0.2) is 11.7 Å². The van der Waals surface area contributed by atoms with Gasteiger partial charge in [0.2, 0.25) is 5.91 Å². The highest BCUT2D eigenvalue weighted by molar-refractivity contribution is 6.12. The smallest absolute Gasteiger partial charge is 0.245 e. The summed E-state index contributed by atoms with van der Waals surface area (Å²) < 4.78 is 5.41. The van der Waals surface area contributed by atoms with E-state index >= 15 is 0 Å². The third-order valence-electron chi connectivity index (χ3n) is 4.05. The first kappa shape index (κ1) is 16.2. The molecule has 0 aromatic heterocycles. The van der Waals surface area contributed by atoms with E-state index in [4.69, 9.17) is 4.74 Å². The Morgan fingerprint density at radius 1 is 1.45 bits per heavy atom. The molecular formula is C17H20N2O3. The number of ketones is 1. The Balaban J connectivity index is 2.06. The van der Waals surface area contributed by atoms with Crippen LogP contribution in [0, 0.1) is 31.1 Å². The number of benzene rings is 1. The minimum atomic E-state index is -1.32. The van der Waals surface area contributed by atoms with E-state index < -0.39 is 17.6 Å². The lowest BCUT2D eigenvalue weighted by molar-refractivity contribution is -0.122. The summed E-state index contributed by atoms with van der Waals surface area (Å²) in [6.07, 6.45) is 1.85. The third-order valence-corrected chi connectivity index (χ3v) is 4.05. The van der Waals surface area contributed by atoms with Crippen LogP contribution >= 0.6 is 0 Å². The monoisotopic (exact) mass is 300 g/mol.